The standard InChI is InChI=1S/C25H31N5O2/c26-24-23-22(18-4-1-5-20(12-18)32-15-21-6-2-9-31-21)14-30(25(23)28-16-27-24)19-10-17(11-19)13-29-7-3-8-29/h1,4-5,12,14,16-17,19,21H,2-3,6-11,13,15H2,(H2,26,27,28). The normalized spacial score (nSPS) is 25.6. The van der Waals surface area contributed by atoms with Crippen LogP contribution in [0.3, 0.4) is 0 Å². The third kappa shape index (κ3) is 3.73. The molecular weight excluding hydrogens is 402 g/mol. The highest BCUT2D eigenvalue weighted by molar-refractivity contribution is 6.00. The lowest BCUT2D eigenvalue weighted by Crippen LogP contribution is -2.43. The van der Waals surface area contributed by atoms with Gasteiger partial charge in [-0.05, 0) is 68.8 Å². The maximum Gasteiger partial charge on any atom is 0.146 e. The number of benzene rings is 1. The zero-order valence-corrected chi connectivity index (χ0v) is 18.4. The molecule has 3 aliphatic rings. The van der Waals surface area contributed by atoms with Gasteiger partial charge in [-0.2, -0.15) is 0 Å². The molecular formula is C25H31N5O2. The van der Waals surface area contributed by atoms with E-state index in [4.69, 9.17) is 15.2 Å². The van der Waals surface area contributed by atoms with Crippen molar-refractivity contribution in [1.29, 1.82) is 0 Å². The number of anilines is 1. The van der Waals surface area contributed by atoms with Gasteiger partial charge < -0.3 is 24.7 Å². The lowest BCUT2D eigenvalue weighted by Gasteiger charge is -2.42. The van der Waals surface area contributed by atoms with Gasteiger partial charge in [-0.1, -0.05) is 12.1 Å². The van der Waals surface area contributed by atoms with Crippen molar-refractivity contribution in [2.24, 2.45) is 5.92 Å². The van der Waals surface area contributed by atoms with Gasteiger partial charge in [0.15, 0.2) is 0 Å². The highest BCUT2D eigenvalue weighted by Gasteiger charge is 2.34. The first-order valence-electron chi connectivity index (χ1n) is 11.9. The van der Waals surface area contributed by atoms with E-state index in [1.807, 2.05) is 12.1 Å². The lowest BCUT2D eigenvalue weighted by molar-refractivity contribution is 0.0680. The SMILES string of the molecule is Nc1ncnc2c1c(-c1cccc(OCC3CCCO3)c1)cn2C1CC(CN2CCC2)C1. The number of nitrogens with zero attached hydrogens (tertiary/aromatic N) is 4. The molecule has 3 fully saturated rings. The summed E-state index contributed by atoms with van der Waals surface area (Å²) in [5, 5.41) is 0.940. The molecule has 2 aliphatic heterocycles. The van der Waals surface area contributed by atoms with Gasteiger partial charge in [-0.25, -0.2) is 9.97 Å². The van der Waals surface area contributed by atoms with Crippen LogP contribution in [0.1, 0.15) is 38.1 Å². The number of hydrogen-bond acceptors (Lipinski definition) is 6. The van der Waals surface area contributed by atoms with Gasteiger partial charge in [-0.3, -0.25) is 0 Å². The number of likely N-dealkylation sites (tertiary alicyclic amines) is 1. The molecule has 1 aromatic carbocycles. The highest BCUT2D eigenvalue weighted by atomic mass is 16.5. The van der Waals surface area contributed by atoms with E-state index < -0.39 is 0 Å². The molecule has 3 aromatic rings. The van der Waals surface area contributed by atoms with Gasteiger partial charge >= 0.3 is 0 Å². The van der Waals surface area contributed by atoms with Crippen molar-refractivity contribution >= 4 is 16.9 Å². The van der Waals surface area contributed by atoms with E-state index in [9.17, 15) is 0 Å². The Morgan fingerprint density at radius 2 is 2.06 bits per heavy atom. The van der Waals surface area contributed by atoms with Crippen molar-refractivity contribution in [1.82, 2.24) is 19.4 Å². The van der Waals surface area contributed by atoms with Gasteiger partial charge in [0, 0.05) is 31.0 Å². The van der Waals surface area contributed by atoms with Gasteiger partial charge in [0.1, 0.15) is 30.1 Å². The average molecular weight is 434 g/mol. The van der Waals surface area contributed by atoms with Crippen LogP contribution in [-0.4, -0.2) is 58.4 Å². The predicted octanol–water partition coefficient (Wildman–Crippen LogP) is 3.90. The van der Waals surface area contributed by atoms with Crippen LogP contribution in [0.5, 0.6) is 5.75 Å². The van der Waals surface area contributed by atoms with Crippen LogP contribution in [0.15, 0.2) is 36.8 Å². The molecule has 2 N–H and O–H groups in total. The Hall–Kier alpha value is -2.64. The fourth-order valence-corrected chi connectivity index (χ4v) is 5.33. The zero-order valence-electron chi connectivity index (χ0n) is 18.4. The average Bonchev–Trinajstić information content (AvgIpc) is 3.39. The van der Waals surface area contributed by atoms with Crippen LogP contribution in [0.4, 0.5) is 5.82 Å². The van der Waals surface area contributed by atoms with E-state index in [-0.39, 0.29) is 6.10 Å². The summed E-state index contributed by atoms with van der Waals surface area (Å²) < 4.78 is 14.1. The Bertz CT molecular complexity index is 1100. The van der Waals surface area contributed by atoms with Crippen LogP contribution < -0.4 is 10.5 Å². The number of rotatable bonds is 7. The lowest BCUT2D eigenvalue weighted by atomic mass is 9.79. The zero-order chi connectivity index (χ0) is 21.5. The van der Waals surface area contributed by atoms with Crippen molar-refractivity contribution in [2.45, 2.75) is 44.2 Å². The Kier molecular flexibility index (Phi) is 5.23. The molecule has 1 saturated carbocycles. The first kappa shape index (κ1) is 20.0. The largest absolute Gasteiger partial charge is 0.491 e. The number of hydrogen-bond donors (Lipinski definition) is 1. The minimum atomic E-state index is 0.201. The molecule has 2 aromatic heterocycles. The molecule has 1 aliphatic carbocycles. The summed E-state index contributed by atoms with van der Waals surface area (Å²) in [5.74, 6) is 2.17. The van der Waals surface area contributed by atoms with E-state index in [2.05, 4.69) is 37.8 Å². The highest BCUT2D eigenvalue weighted by Crippen LogP contribution is 2.43. The van der Waals surface area contributed by atoms with E-state index >= 15 is 0 Å². The van der Waals surface area contributed by atoms with Gasteiger partial charge in [0.25, 0.3) is 0 Å². The van der Waals surface area contributed by atoms with Crippen LogP contribution in [0.25, 0.3) is 22.2 Å². The smallest absolute Gasteiger partial charge is 0.146 e. The van der Waals surface area contributed by atoms with Crippen LogP contribution in [0, 0.1) is 5.92 Å². The van der Waals surface area contributed by atoms with Crippen molar-refractivity contribution in [3.05, 3.63) is 36.8 Å². The summed E-state index contributed by atoms with van der Waals surface area (Å²) in [7, 11) is 0. The summed E-state index contributed by atoms with van der Waals surface area (Å²) in [6.07, 6.45) is 9.95. The molecule has 32 heavy (non-hydrogen) atoms. The Labute approximate surface area is 188 Å². The Morgan fingerprint density at radius 3 is 2.84 bits per heavy atom. The van der Waals surface area contributed by atoms with E-state index in [0.29, 0.717) is 18.5 Å². The van der Waals surface area contributed by atoms with Crippen LogP contribution in [0.2, 0.25) is 0 Å². The summed E-state index contributed by atoms with van der Waals surface area (Å²) in [5.41, 5.74) is 9.44. The molecule has 168 valence electrons. The van der Waals surface area contributed by atoms with Crippen molar-refractivity contribution < 1.29 is 9.47 Å². The molecule has 7 nitrogen and oxygen atoms in total. The second-order valence-electron chi connectivity index (χ2n) is 9.53. The molecule has 6 rings (SSSR count). The second kappa shape index (κ2) is 8.37. The maximum absolute atomic E-state index is 6.35. The maximum atomic E-state index is 6.35. The van der Waals surface area contributed by atoms with E-state index in [1.54, 1.807) is 6.33 Å². The number of fused-ring (bicyclic) bond motifs is 1. The molecule has 0 radical (unpaired) electrons. The number of nitrogens with two attached hydrogens (primary N) is 1. The minimum absolute atomic E-state index is 0.201. The van der Waals surface area contributed by atoms with E-state index in [1.165, 1.54) is 38.9 Å². The van der Waals surface area contributed by atoms with Crippen LogP contribution in [-0.2, 0) is 4.74 Å². The van der Waals surface area contributed by atoms with Crippen molar-refractivity contribution in [3.63, 3.8) is 0 Å². The first-order valence-corrected chi connectivity index (χ1v) is 11.9. The Morgan fingerprint density at radius 1 is 1.16 bits per heavy atom. The number of ether oxygens (including phenoxy) is 2. The summed E-state index contributed by atoms with van der Waals surface area (Å²) in [4.78, 5) is 11.5. The summed E-state index contributed by atoms with van der Waals surface area (Å²) in [6, 6.07) is 8.72. The van der Waals surface area contributed by atoms with E-state index in [0.717, 1.165) is 53.3 Å². The first-order chi connectivity index (χ1) is 15.7. The quantitative estimate of drug-likeness (QED) is 0.609. The predicted molar refractivity (Wildman–Crippen MR) is 125 cm³/mol. The van der Waals surface area contributed by atoms with Gasteiger partial charge in [-0.15, -0.1) is 0 Å². The molecule has 0 spiro atoms. The van der Waals surface area contributed by atoms with Crippen molar-refractivity contribution in [2.75, 3.05) is 38.6 Å². The number of aromatic nitrogens is 3. The monoisotopic (exact) mass is 433 g/mol. The second-order valence-corrected chi connectivity index (χ2v) is 9.53. The molecule has 0 bridgehead atoms. The molecule has 4 heterocycles. The van der Waals surface area contributed by atoms with Gasteiger partial charge in [0.2, 0.25) is 0 Å². The molecule has 1 atom stereocenters. The topological polar surface area (TPSA) is 78.4 Å². The fourth-order valence-electron chi connectivity index (χ4n) is 5.33. The molecule has 2 saturated heterocycles. The molecule has 7 heteroatoms. The third-order valence-corrected chi connectivity index (χ3v) is 7.31. The number of nitrogen functional groups attached to an aromatic ring is 1. The Balaban J connectivity index is 1.26. The third-order valence-electron chi connectivity index (χ3n) is 7.31. The summed E-state index contributed by atoms with van der Waals surface area (Å²) >= 11 is 0. The minimum Gasteiger partial charge on any atom is -0.491 e. The fraction of sp³-hybridized carbons (Fsp3) is 0.520. The molecule has 0 amide bonds. The van der Waals surface area contributed by atoms with Crippen molar-refractivity contribution in [3.8, 4) is 16.9 Å². The van der Waals surface area contributed by atoms with Crippen LogP contribution >= 0.6 is 0 Å². The van der Waals surface area contributed by atoms with Gasteiger partial charge in [0.05, 0.1) is 11.5 Å². The summed E-state index contributed by atoms with van der Waals surface area (Å²) in [6.45, 7) is 5.22. The molecule has 1 unspecified atom stereocenters.